The van der Waals surface area contributed by atoms with Gasteiger partial charge < -0.3 is 14.8 Å². The van der Waals surface area contributed by atoms with Crippen molar-refractivity contribution in [3.05, 3.63) is 87.0 Å². The first-order chi connectivity index (χ1) is 16.5. The third-order valence-corrected chi connectivity index (χ3v) is 6.29. The van der Waals surface area contributed by atoms with Crippen LogP contribution in [-0.2, 0) is 6.54 Å². The molecule has 0 aliphatic rings. The number of hydrogen-bond acceptors (Lipinski definition) is 6. The van der Waals surface area contributed by atoms with Crippen molar-refractivity contribution in [1.29, 1.82) is 0 Å². The molecule has 9 heteroatoms. The Morgan fingerprint density at radius 3 is 2.53 bits per heavy atom. The van der Waals surface area contributed by atoms with Crippen LogP contribution in [0.2, 0.25) is 0 Å². The SMILES string of the molecule is CCOc1cc(C(CSC)Nc2ccc(Br)cc2N(Cc2ccc(F)cc2)N=O)ccc1OC. The van der Waals surface area contributed by atoms with E-state index in [1.54, 1.807) is 31.0 Å². The molecule has 0 aromatic heterocycles. The highest BCUT2D eigenvalue weighted by atomic mass is 79.9. The zero-order valence-corrected chi connectivity index (χ0v) is 21.7. The number of ether oxygens (including phenoxy) is 2. The lowest BCUT2D eigenvalue weighted by atomic mass is 10.1. The molecule has 0 amide bonds. The number of nitroso groups, excluding NO2 is 1. The summed E-state index contributed by atoms with van der Waals surface area (Å²) in [5.74, 6) is 1.80. The lowest BCUT2D eigenvalue weighted by molar-refractivity contribution is 0.310. The average Bonchev–Trinajstić information content (AvgIpc) is 2.84. The monoisotopic (exact) mass is 547 g/mol. The van der Waals surface area contributed by atoms with Gasteiger partial charge in [-0.2, -0.15) is 11.8 Å². The summed E-state index contributed by atoms with van der Waals surface area (Å²) >= 11 is 5.19. The smallest absolute Gasteiger partial charge is 0.161 e. The fourth-order valence-electron chi connectivity index (χ4n) is 3.52. The summed E-state index contributed by atoms with van der Waals surface area (Å²) in [5, 5.41) is 8.18. The maximum atomic E-state index is 13.3. The van der Waals surface area contributed by atoms with Crippen molar-refractivity contribution in [2.24, 2.45) is 5.29 Å². The third kappa shape index (κ3) is 6.64. The standard InChI is InChI=1S/C25H27BrFN3O3S/c1-4-33-25-13-18(7-12-24(25)32-2)22(16-34-3)28-21-11-8-19(26)14-23(21)30(29-31)15-17-5-9-20(27)10-6-17/h5-14,22,28H,4,15-16H2,1-3H3. The van der Waals surface area contributed by atoms with Crippen LogP contribution in [0.3, 0.4) is 0 Å². The Balaban J connectivity index is 1.94. The van der Waals surface area contributed by atoms with E-state index in [0.717, 1.165) is 27.0 Å². The first-order valence-corrected chi connectivity index (χ1v) is 12.9. The second kappa shape index (κ2) is 12.6. The van der Waals surface area contributed by atoms with Gasteiger partial charge in [-0.3, -0.25) is 0 Å². The Kier molecular flexibility index (Phi) is 9.59. The molecule has 0 saturated carbocycles. The number of thioether (sulfide) groups is 1. The normalized spacial score (nSPS) is 11.6. The third-order valence-electron chi connectivity index (χ3n) is 5.13. The average molecular weight is 548 g/mol. The largest absolute Gasteiger partial charge is 0.493 e. The minimum Gasteiger partial charge on any atom is -0.493 e. The van der Waals surface area contributed by atoms with E-state index >= 15 is 0 Å². The van der Waals surface area contributed by atoms with Gasteiger partial charge in [-0.05, 0) is 66.8 Å². The number of methoxy groups -OCH3 is 1. The van der Waals surface area contributed by atoms with Crippen molar-refractivity contribution in [3.63, 3.8) is 0 Å². The minimum atomic E-state index is -0.329. The van der Waals surface area contributed by atoms with Crippen LogP contribution in [0.25, 0.3) is 0 Å². The van der Waals surface area contributed by atoms with Crippen molar-refractivity contribution in [1.82, 2.24) is 0 Å². The van der Waals surface area contributed by atoms with E-state index in [9.17, 15) is 9.30 Å². The summed E-state index contributed by atoms with van der Waals surface area (Å²) in [7, 11) is 1.62. The lowest BCUT2D eigenvalue weighted by Crippen LogP contribution is -2.19. The van der Waals surface area contributed by atoms with E-state index in [2.05, 4.69) is 26.5 Å². The zero-order chi connectivity index (χ0) is 24.5. The van der Waals surface area contributed by atoms with E-state index in [1.807, 2.05) is 49.6 Å². The fourth-order valence-corrected chi connectivity index (χ4v) is 4.47. The van der Waals surface area contributed by atoms with Crippen LogP contribution in [-0.4, -0.2) is 25.7 Å². The predicted molar refractivity (Wildman–Crippen MR) is 141 cm³/mol. The maximum absolute atomic E-state index is 13.3. The molecule has 1 N–H and O–H groups in total. The molecule has 0 aliphatic carbocycles. The van der Waals surface area contributed by atoms with Crippen molar-refractivity contribution in [2.75, 3.05) is 36.1 Å². The Morgan fingerprint density at radius 1 is 1.12 bits per heavy atom. The molecule has 0 heterocycles. The molecule has 3 aromatic carbocycles. The summed E-state index contributed by atoms with van der Waals surface area (Å²) in [6.45, 7) is 2.67. The van der Waals surface area contributed by atoms with E-state index in [1.165, 1.54) is 17.1 Å². The molecule has 0 bridgehead atoms. The molecule has 0 spiro atoms. The lowest BCUT2D eigenvalue weighted by Gasteiger charge is -2.25. The Labute approximate surface area is 211 Å². The number of halogens is 2. The zero-order valence-electron chi connectivity index (χ0n) is 19.3. The number of rotatable bonds is 12. The van der Waals surface area contributed by atoms with Gasteiger partial charge in [0.25, 0.3) is 0 Å². The molecular weight excluding hydrogens is 521 g/mol. The highest BCUT2D eigenvalue weighted by Gasteiger charge is 2.19. The highest BCUT2D eigenvalue weighted by Crippen LogP contribution is 2.36. The molecule has 34 heavy (non-hydrogen) atoms. The highest BCUT2D eigenvalue weighted by molar-refractivity contribution is 9.10. The van der Waals surface area contributed by atoms with Crippen LogP contribution in [0, 0.1) is 10.7 Å². The second-order valence-electron chi connectivity index (χ2n) is 7.42. The van der Waals surface area contributed by atoms with Crippen LogP contribution in [0.5, 0.6) is 11.5 Å². The number of nitrogens with one attached hydrogen (secondary N) is 1. The molecule has 0 saturated heterocycles. The van der Waals surface area contributed by atoms with Gasteiger partial charge >= 0.3 is 0 Å². The minimum absolute atomic E-state index is 0.0700. The van der Waals surface area contributed by atoms with Crippen molar-refractivity contribution in [3.8, 4) is 11.5 Å². The van der Waals surface area contributed by atoms with E-state index in [-0.39, 0.29) is 18.4 Å². The quantitative estimate of drug-likeness (QED) is 0.191. The predicted octanol–water partition coefficient (Wildman–Crippen LogP) is 7.20. The van der Waals surface area contributed by atoms with E-state index < -0.39 is 0 Å². The molecule has 0 radical (unpaired) electrons. The summed E-state index contributed by atoms with van der Waals surface area (Å²) < 4.78 is 25.3. The van der Waals surface area contributed by atoms with E-state index in [4.69, 9.17) is 9.47 Å². The molecule has 1 unspecified atom stereocenters. The van der Waals surface area contributed by atoms with Gasteiger partial charge in [0.15, 0.2) is 11.5 Å². The maximum Gasteiger partial charge on any atom is 0.161 e. The van der Waals surface area contributed by atoms with Gasteiger partial charge in [0.2, 0.25) is 0 Å². The molecule has 3 aromatic rings. The summed E-state index contributed by atoms with van der Waals surface area (Å²) in [6.07, 6.45) is 2.04. The first kappa shape index (κ1) is 25.8. The van der Waals surface area contributed by atoms with Crippen LogP contribution in [0.4, 0.5) is 15.8 Å². The Morgan fingerprint density at radius 2 is 1.88 bits per heavy atom. The fraction of sp³-hybridized carbons (Fsp3) is 0.280. The molecule has 0 fully saturated rings. The van der Waals surface area contributed by atoms with Crippen LogP contribution in [0.15, 0.2) is 70.4 Å². The van der Waals surface area contributed by atoms with Crippen molar-refractivity contribution in [2.45, 2.75) is 19.5 Å². The molecule has 6 nitrogen and oxygen atoms in total. The topological polar surface area (TPSA) is 63.2 Å². The summed E-state index contributed by atoms with van der Waals surface area (Å²) in [6, 6.07) is 17.5. The number of anilines is 2. The van der Waals surface area contributed by atoms with Gasteiger partial charge in [0.05, 0.1) is 43.0 Å². The van der Waals surface area contributed by atoms with Crippen LogP contribution in [0.1, 0.15) is 24.1 Å². The van der Waals surface area contributed by atoms with Gasteiger partial charge in [-0.15, -0.1) is 4.91 Å². The van der Waals surface area contributed by atoms with Crippen molar-refractivity contribution >= 4 is 39.1 Å². The van der Waals surface area contributed by atoms with Crippen LogP contribution < -0.4 is 19.8 Å². The number of nitrogens with zero attached hydrogens (tertiary/aromatic N) is 2. The van der Waals surface area contributed by atoms with Gasteiger partial charge in [-0.25, -0.2) is 9.40 Å². The molecule has 0 aliphatic heterocycles. The van der Waals surface area contributed by atoms with Gasteiger partial charge in [-0.1, -0.05) is 34.1 Å². The summed E-state index contributed by atoms with van der Waals surface area (Å²) in [5.41, 5.74) is 3.15. The second-order valence-corrected chi connectivity index (χ2v) is 9.25. The molecule has 1 atom stereocenters. The van der Waals surface area contributed by atoms with Gasteiger partial charge in [0.1, 0.15) is 5.82 Å². The van der Waals surface area contributed by atoms with Crippen LogP contribution >= 0.6 is 27.7 Å². The first-order valence-electron chi connectivity index (χ1n) is 10.7. The summed E-state index contributed by atoms with van der Waals surface area (Å²) in [4.78, 5) is 11.8. The molecular formula is C25H27BrFN3O3S. The number of benzene rings is 3. The van der Waals surface area contributed by atoms with Gasteiger partial charge in [0, 0.05) is 10.2 Å². The molecule has 3 rings (SSSR count). The van der Waals surface area contributed by atoms with Crippen molar-refractivity contribution < 1.29 is 13.9 Å². The molecule has 180 valence electrons. The Hall–Kier alpha value is -2.78. The number of hydrogen-bond donors (Lipinski definition) is 1. The van der Waals surface area contributed by atoms with E-state index in [0.29, 0.717) is 23.8 Å². The Bertz CT molecular complexity index is 1100.